The quantitative estimate of drug-likeness (QED) is 0.764. The van der Waals surface area contributed by atoms with Crippen LogP contribution < -0.4 is 25.0 Å². The fraction of sp³-hybridized carbons (Fsp3) is 0.381. The van der Waals surface area contributed by atoms with Crippen LogP contribution in [0.25, 0.3) is 0 Å². The third-order valence-corrected chi connectivity index (χ3v) is 4.69. The van der Waals surface area contributed by atoms with Crippen molar-refractivity contribution in [2.45, 2.75) is 13.0 Å². The zero-order chi connectivity index (χ0) is 19.9. The SMILES string of the molecule is COc1ccc(NC(C)C(=O)Nc2ccc(N3CCOCC3)cc2)c(OC)c1. The fourth-order valence-electron chi connectivity index (χ4n) is 3.04. The number of benzene rings is 2. The monoisotopic (exact) mass is 385 g/mol. The molecule has 0 aliphatic carbocycles. The first-order valence-corrected chi connectivity index (χ1v) is 9.33. The molecule has 150 valence electrons. The Hall–Kier alpha value is -2.93. The van der Waals surface area contributed by atoms with Crippen LogP contribution in [0.4, 0.5) is 17.1 Å². The molecule has 7 heteroatoms. The van der Waals surface area contributed by atoms with Gasteiger partial charge in [0.05, 0.1) is 33.1 Å². The Kier molecular flexibility index (Phi) is 6.60. The Labute approximate surface area is 165 Å². The van der Waals surface area contributed by atoms with Crippen LogP contribution in [0.5, 0.6) is 11.5 Å². The number of nitrogens with one attached hydrogen (secondary N) is 2. The van der Waals surface area contributed by atoms with Gasteiger partial charge in [-0.3, -0.25) is 4.79 Å². The van der Waals surface area contributed by atoms with E-state index in [0.717, 1.165) is 43.4 Å². The summed E-state index contributed by atoms with van der Waals surface area (Å²) in [6.45, 7) is 5.07. The highest BCUT2D eigenvalue weighted by Crippen LogP contribution is 2.29. The van der Waals surface area contributed by atoms with Gasteiger partial charge in [0.15, 0.2) is 0 Å². The van der Waals surface area contributed by atoms with Gasteiger partial charge in [-0.05, 0) is 43.3 Å². The van der Waals surface area contributed by atoms with Gasteiger partial charge in [-0.1, -0.05) is 0 Å². The lowest BCUT2D eigenvalue weighted by molar-refractivity contribution is -0.116. The topological polar surface area (TPSA) is 72.1 Å². The van der Waals surface area contributed by atoms with Crippen LogP contribution >= 0.6 is 0 Å². The molecule has 7 nitrogen and oxygen atoms in total. The molecule has 2 aromatic rings. The second kappa shape index (κ2) is 9.32. The minimum Gasteiger partial charge on any atom is -0.497 e. The third-order valence-electron chi connectivity index (χ3n) is 4.69. The zero-order valence-electron chi connectivity index (χ0n) is 16.5. The Morgan fingerprint density at radius 3 is 2.43 bits per heavy atom. The smallest absolute Gasteiger partial charge is 0.246 e. The summed E-state index contributed by atoms with van der Waals surface area (Å²) in [7, 11) is 3.18. The number of anilines is 3. The van der Waals surface area contributed by atoms with E-state index in [1.165, 1.54) is 0 Å². The molecular formula is C21H27N3O4. The van der Waals surface area contributed by atoms with Gasteiger partial charge >= 0.3 is 0 Å². The number of ether oxygens (including phenoxy) is 3. The average molecular weight is 385 g/mol. The highest BCUT2D eigenvalue weighted by Gasteiger charge is 2.16. The van der Waals surface area contributed by atoms with Crippen LogP contribution in [0.3, 0.4) is 0 Å². The van der Waals surface area contributed by atoms with Gasteiger partial charge in [-0.2, -0.15) is 0 Å². The second-order valence-corrected chi connectivity index (χ2v) is 6.57. The van der Waals surface area contributed by atoms with Gasteiger partial charge in [0.1, 0.15) is 17.5 Å². The van der Waals surface area contributed by atoms with E-state index in [4.69, 9.17) is 14.2 Å². The van der Waals surface area contributed by atoms with Crippen LogP contribution in [-0.2, 0) is 9.53 Å². The van der Waals surface area contributed by atoms with Gasteiger partial charge in [0.25, 0.3) is 0 Å². The molecule has 0 aromatic heterocycles. The number of hydrogen-bond donors (Lipinski definition) is 2. The summed E-state index contributed by atoms with van der Waals surface area (Å²) >= 11 is 0. The lowest BCUT2D eigenvalue weighted by Crippen LogP contribution is -2.36. The molecular weight excluding hydrogens is 358 g/mol. The van der Waals surface area contributed by atoms with Crippen molar-refractivity contribution in [1.29, 1.82) is 0 Å². The van der Waals surface area contributed by atoms with Crippen molar-refractivity contribution in [1.82, 2.24) is 0 Å². The first-order chi connectivity index (χ1) is 13.6. The molecule has 3 rings (SSSR count). The molecule has 1 heterocycles. The summed E-state index contributed by atoms with van der Waals surface area (Å²) in [5, 5.41) is 6.12. The van der Waals surface area contributed by atoms with Crippen LogP contribution in [0, 0.1) is 0 Å². The summed E-state index contributed by atoms with van der Waals surface area (Å²) < 4.78 is 15.9. The standard InChI is InChI=1S/C21H27N3O4/c1-15(22-19-9-8-18(26-2)14-20(19)27-3)21(25)23-16-4-6-17(7-5-16)24-10-12-28-13-11-24/h4-9,14-15,22H,10-13H2,1-3H3,(H,23,25). The number of methoxy groups -OCH3 is 2. The summed E-state index contributed by atoms with van der Waals surface area (Å²) in [5.41, 5.74) is 2.63. The number of morpholine rings is 1. The molecule has 1 fully saturated rings. The number of hydrogen-bond acceptors (Lipinski definition) is 6. The lowest BCUT2D eigenvalue weighted by atomic mass is 10.2. The zero-order valence-corrected chi connectivity index (χ0v) is 16.5. The van der Waals surface area contributed by atoms with Crippen LogP contribution in [-0.4, -0.2) is 52.5 Å². The molecule has 1 unspecified atom stereocenters. The fourth-order valence-corrected chi connectivity index (χ4v) is 3.04. The van der Waals surface area contributed by atoms with Gasteiger partial charge in [-0.15, -0.1) is 0 Å². The molecule has 2 N–H and O–H groups in total. The minimum atomic E-state index is -0.443. The van der Waals surface area contributed by atoms with Crippen LogP contribution in [0.2, 0.25) is 0 Å². The molecule has 28 heavy (non-hydrogen) atoms. The minimum absolute atomic E-state index is 0.128. The van der Waals surface area contributed by atoms with Gasteiger partial charge in [0, 0.05) is 30.5 Å². The number of carbonyl (C=O) groups is 1. The molecule has 0 bridgehead atoms. The summed E-state index contributed by atoms with van der Waals surface area (Å²) in [4.78, 5) is 14.8. The first-order valence-electron chi connectivity index (χ1n) is 9.33. The van der Waals surface area contributed by atoms with E-state index in [9.17, 15) is 4.79 Å². The number of carbonyl (C=O) groups excluding carboxylic acids is 1. The van der Waals surface area contributed by atoms with E-state index < -0.39 is 6.04 Å². The van der Waals surface area contributed by atoms with Crippen molar-refractivity contribution in [3.05, 3.63) is 42.5 Å². The normalized spacial score (nSPS) is 14.9. The molecule has 0 saturated carbocycles. The maximum absolute atomic E-state index is 12.6. The molecule has 1 aliphatic heterocycles. The van der Waals surface area contributed by atoms with E-state index >= 15 is 0 Å². The Bertz CT molecular complexity index is 789. The van der Waals surface area contributed by atoms with Gasteiger partial charge < -0.3 is 29.7 Å². The molecule has 2 aromatic carbocycles. The highest BCUT2D eigenvalue weighted by atomic mass is 16.5. The Balaban J connectivity index is 1.59. The van der Waals surface area contributed by atoms with Crippen molar-refractivity contribution in [3.63, 3.8) is 0 Å². The largest absolute Gasteiger partial charge is 0.497 e. The van der Waals surface area contributed by atoms with E-state index in [0.29, 0.717) is 11.5 Å². The number of rotatable bonds is 7. The predicted molar refractivity (Wildman–Crippen MR) is 111 cm³/mol. The second-order valence-electron chi connectivity index (χ2n) is 6.57. The lowest BCUT2D eigenvalue weighted by Gasteiger charge is -2.29. The van der Waals surface area contributed by atoms with Crippen LogP contribution in [0.1, 0.15) is 6.92 Å². The molecule has 1 saturated heterocycles. The Morgan fingerprint density at radius 1 is 1.07 bits per heavy atom. The maximum atomic E-state index is 12.6. The predicted octanol–water partition coefficient (Wildman–Crippen LogP) is 2.98. The molecule has 1 amide bonds. The molecule has 0 spiro atoms. The molecule has 1 aliphatic rings. The van der Waals surface area contributed by atoms with Crippen molar-refractivity contribution >= 4 is 23.0 Å². The van der Waals surface area contributed by atoms with Crippen LogP contribution in [0.15, 0.2) is 42.5 Å². The van der Waals surface area contributed by atoms with Gasteiger partial charge in [-0.25, -0.2) is 0 Å². The summed E-state index contributed by atoms with van der Waals surface area (Å²) in [6.07, 6.45) is 0. The molecule has 1 atom stereocenters. The number of amides is 1. The van der Waals surface area contributed by atoms with E-state index in [1.807, 2.05) is 36.4 Å². The van der Waals surface area contributed by atoms with E-state index in [2.05, 4.69) is 15.5 Å². The molecule has 0 radical (unpaired) electrons. The maximum Gasteiger partial charge on any atom is 0.246 e. The first kappa shape index (κ1) is 19.8. The third kappa shape index (κ3) is 4.86. The highest BCUT2D eigenvalue weighted by molar-refractivity contribution is 5.96. The van der Waals surface area contributed by atoms with E-state index in [-0.39, 0.29) is 5.91 Å². The van der Waals surface area contributed by atoms with Crippen molar-refractivity contribution in [3.8, 4) is 11.5 Å². The van der Waals surface area contributed by atoms with Crippen molar-refractivity contribution < 1.29 is 19.0 Å². The Morgan fingerprint density at radius 2 is 1.79 bits per heavy atom. The number of nitrogens with zero attached hydrogens (tertiary/aromatic N) is 1. The van der Waals surface area contributed by atoms with Crippen molar-refractivity contribution in [2.75, 3.05) is 56.1 Å². The average Bonchev–Trinajstić information content (AvgIpc) is 2.75. The summed E-state index contributed by atoms with van der Waals surface area (Å²) in [5.74, 6) is 1.19. The summed E-state index contributed by atoms with van der Waals surface area (Å²) in [6, 6.07) is 12.9. The van der Waals surface area contributed by atoms with Gasteiger partial charge in [0.2, 0.25) is 5.91 Å². The van der Waals surface area contributed by atoms with E-state index in [1.54, 1.807) is 27.2 Å². The van der Waals surface area contributed by atoms with Crippen molar-refractivity contribution in [2.24, 2.45) is 0 Å².